The lowest BCUT2D eigenvalue weighted by Crippen LogP contribution is -2.56. The molecule has 8 nitrogen and oxygen atoms in total. The van der Waals surface area contributed by atoms with Crippen LogP contribution in [0.3, 0.4) is 0 Å². The summed E-state index contributed by atoms with van der Waals surface area (Å²) in [6, 6.07) is 14.9. The monoisotopic (exact) mass is 451 g/mol. The summed E-state index contributed by atoms with van der Waals surface area (Å²) in [5, 5.41) is 11.8. The first-order valence-corrected chi connectivity index (χ1v) is 11.2. The van der Waals surface area contributed by atoms with E-state index < -0.39 is 24.1 Å². The highest BCUT2D eigenvalue weighted by Gasteiger charge is 2.31. The lowest BCUT2D eigenvalue weighted by molar-refractivity contribution is -0.144. The molecule has 0 spiro atoms. The van der Waals surface area contributed by atoms with Crippen LogP contribution in [0.15, 0.2) is 48.5 Å². The predicted molar refractivity (Wildman–Crippen MR) is 123 cm³/mol. The number of nitrogens with zero attached hydrogens (tertiary/aromatic N) is 2. The second-order valence-corrected chi connectivity index (χ2v) is 8.57. The number of benzene rings is 2. The number of nitrogens with one attached hydrogen (secondary N) is 1. The van der Waals surface area contributed by atoms with Gasteiger partial charge >= 0.3 is 12.1 Å². The van der Waals surface area contributed by atoms with Crippen LogP contribution in [0.4, 0.5) is 4.79 Å². The molecule has 1 aliphatic heterocycles. The van der Waals surface area contributed by atoms with Crippen molar-refractivity contribution in [2.45, 2.75) is 31.8 Å². The van der Waals surface area contributed by atoms with Crippen LogP contribution in [0.1, 0.15) is 30.9 Å². The van der Waals surface area contributed by atoms with Gasteiger partial charge in [0.15, 0.2) is 0 Å². The van der Waals surface area contributed by atoms with Gasteiger partial charge in [0.2, 0.25) is 5.91 Å². The number of carbonyl (C=O) groups excluding carboxylic acids is 2. The number of aliphatic carboxylic acids is 1. The minimum absolute atomic E-state index is 0.0431. The maximum atomic E-state index is 12.8. The Labute approximate surface area is 193 Å². The van der Waals surface area contributed by atoms with Gasteiger partial charge in [-0.3, -0.25) is 14.5 Å². The lowest BCUT2D eigenvalue weighted by atomic mass is 9.98. The van der Waals surface area contributed by atoms with Gasteiger partial charge in [-0.05, 0) is 36.1 Å². The molecule has 0 aromatic heterocycles. The van der Waals surface area contributed by atoms with Gasteiger partial charge in [0.05, 0.1) is 0 Å². The number of carboxylic acid groups (broad SMARTS) is 1. The number of rotatable bonds is 6. The Balaban J connectivity index is 1.30. The third-order valence-electron chi connectivity index (χ3n) is 6.58. The van der Waals surface area contributed by atoms with E-state index in [2.05, 4.69) is 29.6 Å². The quantitative estimate of drug-likeness (QED) is 0.700. The Kier molecular flexibility index (Phi) is 6.65. The molecule has 0 bridgehead atoms. The van der Waals surface area contributed by atoms with Crippen LogP contribution in [0, 0.1) is 0 Å². The van der Waals surface area contributed by atoms with E-state index in [4.69, 9.17) is 9.84 Å². The van der Waals surface area contributed by atoms with E-state index in [-0.39, 0.29) is 18.4 Å². The minimum Gasteiger partial charge on any atom is -0.480 e. The summed E-state index contributed by atoms with van der Waals surface area (Å²) in [5.41, 5.74) is 4.57. The molecular weight excluding hydrogens is 422 g/mol. The molecule has 2 aliphatic rings. The maximum absolute atomic E-state index is 12.8. The Morgan fingerprint density at radius 1 is 0.970 bits per heavy atom. The summed E-state index contributed by atoms with van der Waals surface area (Å²) in [5.74, 6) is -1.12. The summed E-state index contributed by atoms with van der Waals surface area (Å²) in [6.45, 7) is 5.28. The molecule has 4 rings (SSSR count). The van der Waals surface area contributed by atoms with E-state index in [1.165, 1.54) is 0 Å². The molecule has 174 valence electrons. The Morgan fingerprint density at radius 2 is 1.52 bits per heavy atom. The van der Waals surface area contributed by atoms with Crippen molar-refractivity contribution in [3.05, 3.63) is 59.7 Å². The number of amides is 2. The highest BCUT2D eigenvalue weighted by Crippen LogP contribution is 2.44. The van der Waals surface area contributed by atoms with Crippen molar-refractivity contribution in [2.24, 2.45) is 0 Å². The smallest absolute Gasteiger partial charge is 0.407 e. The van der Waals surface area contributed by atoms with Crippen molar-refractivity contribution in [2.75, 3.05) is 32.8 Å². The first-order valence-electron chi connectivity index (χ1n) is 11.2. The Bertz CT molecular complexity index is 1000. The Hall–Kier alpha value is -3.39. The molecule has 1 aliphatic carbocycles. The molecule has 1 heterocycles. The average molecular weight is 452 g/mol. The number of hydrogen-bond donors (Lipinski definition) is 2. The van der Waals surface area contributed by atoms with Crippen LogP contribution in [-0.2, 0) is 14.3 Å². The minimum atomic E-state index is -0.875. The zero-order valence-electron chi connectivity index (χ0n) is 18.9. The molecular formula is C25H29N3O5. The van der Waals surface area contributed by atoms with Crippen LogP contribution in [0.5, 0.6) is 0 Å². The van der Waals surface area contributed by atoms with Crippen molar-refractivity contribution < 1.29 is 24.2 Å². The van der Waals surface area contributed by atoms with Gasteiger partial charge in [-0.1, -0.05) is 48.5 Å². The zero-order valence-corrected chi connectivity index (χ0v) is 18.9. The summed E-state index contributed by atoms with van der Waals surface area (Å²) < 4.78 is 5.53. The van der Waals surface area contributed by atoms with Crippen molar-refractivity contribution in [3.63, 3.8) is 0 Å². The third-order valence-corrected chi connectivity index (χ3v) is 6.58. The van der Waals surface area contributed by atoms with Crippen LogP contribution in [-0.4, -0.2) is 77.7 Å². The number of ether oxygens (including phenoxy) is 1. The fourth-order valence-corrected chi connectivity index (χ4v) is 4.64. The normalized spacial score (nSPS) is 17.6. The van der Waals surface area contributed by atoms with Gasteiger partial charge < -0.3 is 20.1 Å². The Morgan fingerprint density at radius 3 is 2.06 bits per heavy atom. The molecule has 2 aromatic carbocycles. The van der Waals surface area contributed by atoms with Gasteiger partial charge in [-0.2, -0.15) is 0 Å². The largest absolute Gasteiger partial charge is 0.480 e. The summed E-state index contributed by atoms with van der Waals surface area (Å²) in [6.07, 6.45) is -0.629. The molecule has 2 atom stereocenters. The first-order chi connectivity index (χ1) is 15.9. The molecule has 2 N–H and O–H groups in total. The van der Waals surface area contributed by atoms with Crippen LogP contribution < -0.4 is 5.32 Å². The number of carboxylic acids is 1. The SMILES string of the molecule is CC(NC(=O)OCC1c2ccccc2-c2ccccc21)C(=O)N1CCN(C(C)C(=O)O)CC1. The molecule has 1 fully saturated rings. The summed E-state index contributed by atoms with van der Waals surface area (Å²) in [4.78, 5) is 39.8. The van der Waals surface area contributed by atoms with Gasteiger partial charge in [0.25, 0.3) is 0 Å². The van der Waals surface area contributed by atoms with Gasteiger partial charge in [0, 0.05) is 32.1 Å². The van der Waals surface area contributed by atoms with E-state index in [9.17, 15) is 14.4 Å². The number of fused-ring (bicyclic) bond motifs is 3. The number of hydrogen-bond acceptors (Lipinski definition) is 5. The molecule has 2 unspecified atom stereocenters. The third kappa shape index (κ3) is 4.71. The van der Waals surface area contributed by atoms with E-state index in [0.29, 0.717) is 26.2 Å². The lowest BCUT2D eigenvalue weighted by Gasteiger charge is -2.37. The first kappa shape index (κ1) is 22.8. The second kappa shape index (κ2) is 9.62. The standard InChI is InChI=1S/C25H29N3O5/c1-16(23(29)28-13-11-27(12-14-28)17(2)24(30)31)26-25(32)33-15-22-20-9-5-3-7-18(20)19-8-4-6-10-21(19)22/h3-10,16-17,22H,11-15H2,1-2H3,(H,26,32)(H,30,31). The average Bonchev–Trinajstić information content (AvgIpc) is 3.15. The van der Waals surface area contributed by atoms with E-state index in [1.807, 2.05) is 29.2 Å². The van der Waals surface area contributed by atoms with Crippen molar-refractivity contribution in [1.29, 1.82) is 0 Å². The molecule has 33 heavy (non-hydrogen) atoms. The topological polar surface area (TPSA) is 99.2 Å². The van der Waals surface area contributed by atoms with Crippen LogP contribution in [0.25, 0.3) is 11.1 Å². The van der Waals surface area contributed by atoms with E-state index in [1.54, 1.807) is 18.7 Å². The summed E-state index contributed by atoms with van der Waals surface area (Å²) >= 11 is 0. The second-order valence-electron chi connectivity index (χ2n) is 8.57. The van der Waals surface area contributed by atoms with E-state index >= 15 is 0 Å². The zero-order chi connectivity index (χ0) is 23.5. The number of piperazine rings is 1. The van der Waals surface area contributed by atoms with Crippen LogP contribution in [0.2, 0.25) is 0 Å². The predicted octanol–water partition coefficient (Wildman–Crippen LogP) is 2.53. The van der Waals surface area contributed by atoms with Crippen molar-refractivity contribution in [3.8, 4) is 11.1 Å². The van der Waals surface area contributed by atoms with Gasteiger partial charge in [-0.15, -0.1) is 0 Å². The highest BCUT2D eigenvalue weighted by atomic mass is 16.5. The van der Waals surface area contributed by atoms with Gasteiger partial charge in [0.1, 0.15) is 18.7 Å². The molecule has 2 aromatic rings. The summed E-state index contributed by atoms with van der Waals surface area (Å²) in [7, 11) is 0. The fraction of sp³-hybridized carbons (Fsp3) is 0.400. The van der Waals surface area contributed by atoms with Crippen molar-refractivity contribution >= 4 is 18.0 Å². The van der Waals surface area contributed by atoms with Gasteiger partial charge in [-0.25, -0.2) is 4.79 Å². The molecule has 2 amide bonds. The molecule has 0 radical (unpaired) electrons. The van der Waals surface area contributed by atoms with E-state index in [0.717, 1.165) is 22.3 Å². The molecule has 8 heteroatoms. The number of alkyl carbamates (subject to hydrolysis) is 1. The van der Waals surface area contributed by atoms with Crippen LogP contribution >= 0.6 is 0 Å². The van der Waals surface area contributed by atoms with Crippen molar-refractivity contribution in [1.82, 2.24) is 15.1 Å². The molecule has 1 saturated heterocycles. The molecule has 0 saturated carbocycles. The number of carbonyl (C=O) groups is 3. The maximum Gasteiger partial charge on any atom is 0.407 e. The highest BCUT2D eigenvalue weighted by molar-refractivity contribution is 5.85. The fourth-order valence-electron chi connectivity index (χ4n) is 4.64.